The normalized spacial score (nSPS) is 18.7. The summed E-state index contributed by atoms with van der Waals surface area (Å²) in [6.07, 6.45) is 2.71. The Bertz CT molecular complexity index is 1160. The molecule has 152 valence electrons. The molecule has 0 unspecified atom stereocenters. The highest BCUT2D eigenvalue weighted by Gasteiger charge is 2.33. The lowest BCUT2D eigenvalue weighted by Gasteiger charge is -2.24. The van der Waals surface area contributed by atoms with Gasteiger partial charge in [-0.25, -0.2) is 4.98 Å². The average Bonchev–Trinajstić information content (AvgIpc) is 3.51. The molecule has 2 heterocycles. The number of aryl methyl sites for hydroxylation is 1. The summed E-state index contributed by atoms with van der Waals surface area (Å²) in [6.45, 7) is 1.79. The zero-order chi connectivity index (χ0) is 20.7. The Balaban J connectivity index is 1.29. The van der Waals surface area contributed by atoms with E-state index in [0.29, 0.717) is 23.2 Å². The number of fused-ring (bicyclic) bond motifs is 1. The predicted octanol–water partition coefficient (Wildman–Crippen LogP) is 4.59. The Labute approximate surface area is 173 Å². The quantitative estimate of drug-likeness (QED) is 0.496. The Morgan fingerprint density at radius 2 is 1.83 bits per heavy atom. The molecule has 0 spiro atoms. The maximum atomic E-state index is 13.0. The van der Waals surface area contributed by atoms with Crippen molar-refractivity contribution in [3.05, 3.63) is 65.9 Å². The van der Waals surface area contributed by atoms with Gasteiger partial charge in [-0.3, -0.25) is 4.79 Å². The maximum Gasteiger partial charge on any atom is 0.253 e. The minimum atomic E-state index is 0.00600. The molecule has 2 aromatic heterocycles. The van der Waals surface area contributed by atoms with Gasteiger partial charge in [0, 0.05) is 37.1 Å². The molecule has 7 nitrogen and oxygen atoms in total. The van der Waals surface area contributed by atoms with E-state index in [4.69, 9.17) is 8.83 Å². The van der Waals surface area contributed by atoms with Crippen LogP contribution in [-0.2, 0) is 0 Å². The predicted molar refractivity (Wildman–Crippen MR) is 111 cm³/mol. The molecular weight excluding hydrogens is 380 g/mol. The zero-order valence-electron chi connectivity index (χ0n) is 16.9. The third-order valence-electron chi connectivity index (χ3n) is 5.84. The van der Waals surface area contributed by atoms with Crippen LogP contribution in [-0.4, -0.2) is 39.1 Å². The van der Waals surface area contributed by atoms with Gasteiger partial charge in [0.25, 0.3) is 5.91 Å². The number of benzene rings is 2. The van der Waals surface area contributed by atoms with E-state index in [0.717, 1.165) is 35.9 Å². The van der Waals surface area contributed by atoms with Crippen LogP contribution in [0.5, 0.6) is 0 Å². The number of nitrogens with zero attached hydrogens (tertiary/aromatic N) is 4. The average molecular weight is 402 g/mol. The third-order valence-corrected chi connectivity index (χ3v) is 5.84. The number of hydrogen-bond donors (Lipinski definition) is 0. The molecule has 0 saturated heterocycles. The molecule has 5 rings (SSSR count). The first kappa shape index (κ1) is 18.5. The lowest BCUT2D eigenvalue weighted by Crippen LogP contribution is -2.35. The molecule has 30 heavy (non-hydrogen) atoms. The second-order valence-electron chi connectivity index (χ2n) is 7.80. The lowest BCUT2D eigenvalue weighted by molar-refractivity contribution is 0.0733. The maximum absolute atomic E-state index is 13.0. The van der Waals surface area contributed by atoms with Gasteiger partial charge in [-0.2, -0.15) is 0 Å². The molecular formula is C23H22N4O3. The molecule has 1 fully saturated rings. The van der Waals surface area contributed by atoms with Crippen molar-refractivity contribution in [3.63, 3.8) is 0 Å². The fourth-order valence-corrected chi connectivity index (χ4v) is 4.13. The van der Waals surface area contributed by atoms with Gasteiger partial charge < -0.3 is 13.7 Å². The first-order valence-corrected chi connectivity index (χ1v) is 10.1. The summed E-state index contributed by atoms with van der Waals surface area (Å²) >= 11 is 0. The summed E-state index contributed by atoms with van der Waals surface area (Å²) < 4.78 is 11.4. The number of amides is 1. The summed E-state index contributed by atoms with van der Waals surface area (Å²) in [7, 11) is 1.86. The van der Waals surface area contributed by atoms with Gasteiger partial charge >= 0.3 is 0 Å². The van der Waals surface area contributed by atoms with Crippen LogP contribution in [0.2, 0.25) is 0 Å². The summed E-state index contributed by atoms with van der Waals surface area (Å²) in [4.78, 5) is 19.3. The number of hydrogen-bond acceptors (Lipinski definition) is 6. The van der Waals surface area contributed by atoms with Crippen LogP contribution >= 0.6 is 0 Å². The topological polar surface area (TPSA) is 85.3 Å². The molecule has 4 aromatic rings. The molecule has 1 aliphatic carbocycles. The SMILES string of the molecule is Cc1nnc([C@H]2CC[C@@H](N(C)C(=O)c3ccc(-c4nc5ccccc5o4)cc3)C2)o1. The van der Waals surface area contributed by atoms with Crippen LogP contribution in [0, 0.1) is 6.92 Å². The van der Waals surface area contributed by atoms with Crippen molar-refractivity contribution >= 4 is 17.0 Å². The van der Waals surface area contributed by atoms with E-state index in [9.17, 15) is 4.79 Å². The van der Waals surface area contributed by atoms with Gasteiger partial charge in [0.15, 0.2) is 5.58 Å². The van der Waals surface area contributed by atoms with Gasteiger partial charge in [0.05, 0.1) is 0 Å². The highest BCUT2D eigenvalue weighted by molar-refractivity contribution is 5.94. The van der Waals surface area contributed by atoms with Crippen LogP contribution in [0.1, 0.15) is 47.3 Å². The monoisotopic (exact) mass is 402 g/mol. The van der Waals surface area contributed by atoms with Gasteiger partial charge in [-0.1, -0.05) is 12.1 Å². The minimum absolute atomic E-state index is 0.00600. The van der Waals surface area contributed by atoms with Crippen molar-refractivity contribution in [3.8, 4) is 11.5 Å². The number of carbonyl (C=O) groups excluding carboxylic acids is 1. The molecule has 1 aliphatic rings. The van der Waals surface area contributed by atoms with Gasteiger partial charge in [-0.15, -0.1) is 10.2 Å². The number of rotatable bonds is 4. The van der Waals surface area contributed by atoms with Crippen molar-refractivity contribution < 1.29 is 13.6 Å². The van der Waals surface area contributed by atoms with Crippen LogP contribution in [0.15, 0.2) is 57.4 Å². The van der Waals surface area contributed by atoms with Crippen LogP contribution in [0.3, 0.4) is 0 Å². The Kier molecular flexibility index (Phi) is 4.58. The van der Waals surface area contributed by atoms with Crippen molar-refractivity contribution in [1.29, 1.82) is 0 Å². The lowest BCUT2D eigenvalue weighted by atomic mass is 10.1. The molecule has 1 saturated carbocycles. The Hall–Kier alpha value is -3.48. The van der Waals surface area contributed by atoms with Gasteiger partial charge in [0.1, 0.15) is 5.52 Å². The molecule has 1 amide bonds. The second-order valence-corrected chi connectivity index (χ2v) is 7.80. The van der Waals surface area contributed by atoms with E-state index in [1.807, 2.05) is 60.5 Å². The van der Waals surface area contributed by atoms with E-state index in [1.54, 1.807) is 6.92 Å². The number of oxazole rings is 1. The molecule has 0 bridgehead atoms. The third kappa shape index (κ3) is 3.36. The van der Waals surface area contributed by atoms with E-state index in [-0.39, 0.29) is 17.9 Å². The smallest absolute Gasteiger partial charge is 0.253 e. The fraction of sp³-hybridized carbons (Fsp3) is 0.304. The van der Waals surface area contributed by atoms with Crippen molar-refractivity contribution in [2.45, 2.75) is 38.1 Å². The summed E-state index contributed by atoms with van der Waals surface area (Å²) in [5.41, 5.74) is 3.06. The molecule has 0 N–H and O–H groups in total. The Morgan fingerprint density at radius 1 is 1.03 bits per heavy atom. The summed E-state index contributed by atoms with van der Waals surface area (Å²) in [5.74, 6) is 2.03. The van der Waals surface area contributed by atoms with Crippen molar-refractivity contribution in [1.82, 2.24) is 20.1 Å². The minimum Gasteiger partial charge on any atom is -0.436 e. The number of carbonyl (C=O) groups is 1. The summed E-state index contributed by atoms with van der Waals surface area (Å²) in [5, 5.41) is 8.06. The van der Waals surface area contributed by atoms with E-state index in [1.165, 1.54) is 0 Å². The molecule has 0 aliphatic heterocycles. The van der Waals surface area contributed by atoms with E-state index >= 15 is 0 Å². The number of para-hydroxylation sites is 2. The zero-order valence-corrected chi connectivity index (χ0v) is 16.9. The molecule has 0 radical (unpaired) electrons. The first-order valence-electron chi connectivity index (χ1n) is 10.1. The fourth-order valence-electron chi connectivity index (χ4n) is 4.13. The highest BCUT2D eigenvalue weighted by atomic mass is 16.4. The van der Waals surface area contributed by atoms with E-state index in [2.05, 4.69) is 15.2 Å². The Morgan fingerprint density at radius 3 is 2.57 bits per heavy atom. The number of aromatic nitrogens is 3. The van der Waals surface area contributed by atoms with Crippen molar-refractivity contribution in [2.24, 2.45) is 0 Å². The molecule has 2 atom stereocenters. The largest absolute Gasteiger partial charge is 0.436 e. The van der Waals surface area contributed by atoms with Gasteiger partial charge in [0.2, 0.25) is 17.7 Å². The van der Waals surface area contributed by atoms with Crippen molar-refractivity contribution in [2.75, 3.05) is 7.05 Å². The highest BCUT2D eigenvalue weighted by Crippen LogP contribution is 2.36. The van der Waals surface area contributed by atoms with Crippen LogP contribution < -0.4 is 0 Å². The van der Waals surface area contributed by atoms with Crippen LogP contribution in [0.25, 0.3) is 22.6 Å². The van der Waals surface area contributed by atoms with Crippen LogP contribution in [0.4, 0.5) is 0 Å². The van der Waals surface area contributed by atoms with E-state index < -0.39 is 0 Å². The first-order chi connectivity index (χ1) is 14.6. The summed E-state index contributed by atoms with van der Waals surface area (Å²) in [6, 6.07) is 15.2. The van der Waals surface area contributed by atoms with Gasteiger partial charge in [-0.05, 0) is 55.7 Å². The standard InChI is InChI=1S/C23H22N4O3/c1-14-25-26-22(29-14)17-11-12-18(13-17)27(2)23(28)16-9-7-15(8-10-16)21-24-19-5-3-4-6-20(19)30-21/h3-10,17-18H,11-13H2,1-2H3/t17-,18+/m0/s1. The second kappa shape index (κ2) is 7.40. The molecule has 7 heteroatoms. The molecule has 2 aromatic carbocycles.